The van der Waals surface area contributed by atoms with Crippen molar-refractivity contribution in [1.29, 1.82) is 0 Å². The van der Waals surface area contributed by atoms with Gasteiger partial charge in [-0.1, -0.05) is 78.4 Å². The molecule has 0 amide bonds. The van der Waals surface area contributed by atoms with Gasteiger partial charge in [0.1, 0.15) is 0 Å². The van der Waals surface area contributed by atoms with E-state index in [4.69, 9.17) is 23.6 Å². The molecular formula is C22H40Cl2N2SiTi-2. The number of hydrogen-bond donors (Lipinski definition) is 0. The Balaban J connectivity index is 0.000000717. The molecule has 1 aliphatic heterocycles. The second-order valence-corrected chi connectivity index (χ2v) is 16.3. The van der Waals surface area contributed by atoms with Crippen molar-refractivity contribution in [2.45, 2.75) is 83.6 Å². The van der Waals surface area contributed by atoms with Gasteiger partial charge in [0.2, 0.25) is 0 Å². The molecule has 2 nitrogen and oxygen atoms in total. The fraction of sp³-hybridized carbons (Fsp3) is 0.773. The normalized spacial score (nSPS) is 29.9. The van der Waals surface area contributed by atoms with Crippen LogP contribution in [-0.2, 0) is 17.0 Å². The number of hydrogen-bond acceptors (Lipinski definition) is 1. The summed E-state index contributed by atoms with van der Waals surface area (Å²) in [7, 11) is 8.17. The first-order valence-corrected chi connectivity index (χ1v) is 18.0. The molecule has 4 atom stereocenters. The molecule has 0 aromatic rings. The Bertz CT molecular complexity index is 499. The Kier molecular flexibility index (Phi) is 12.2. The van der Waals surface area contributed by atoms with Crippen LogP contribution in [0.2, 0.25) is 18.6 Å². The fourth-order valence-corrected chi connectivity index (χ4v) is 9.34. The molecule has 0 N–H and O–H groups in total. The molecule has 3 aliphatic rings. The molecule has 2 aliphatic carbocycles. The van der Waals surface area contributed by atoms with E-state index in [1.807, 2.05) is 0 Å². The predicted molar refractivity (Wildman–Crippen MR) is 126 cm³/mol. The van der Waals surface area contributed by atoms with Crippen LogP contribution in [-0.4, -0.2) is 37.8 Å². The molecule has 4 unspecified atom stereocenters. The van der Waals surface area contributed by atoms with Gasteiger partial charge in [-0.2, -0.15) is 6.92 Å². The third-order valence-electron chi connectivity index (χ3n) is 6.02. The fourth-order valence-electron chi connectivity index (χ4n) is 5.35. The summed E-state index contributed by atoms with van der Waals surface area (Å²) < 4.78 is 0. The maximum atomic E-state index is 5.36. The van der Waals surface area contributed by atoms with Crippen LogP contribution in [0.15, 0.2) is 24.3 Å². The average Bonchev–Trinajstić information content (AvgIpc) is 3.04. The number of nitrogens with zero attached hydrogens (tertiary/aromatic N) is 2. The summed E-state index contributed by atoms with van der Waals surface area (Å²) in [5.41, 5.74) is 0.891. The van der Waals surface area contributed by atoms with Gasteiger partial charge in [-0.05, 0) is 44.2 Å². The van der Waals surface area contributed by atoms with E-state index in [0.29, 0.717) is 0 Å². The van der Waals surface area contributed by atoms with Crippen LogP contribution < -0.4 is 0 Å². The minimum atomic E-state index is -1.61. The molecule has 0 spiro atoms. The first-order valence-electron chi connectivity index (χ1n) is 10.7. The molecule has 162 valence electrons. The van der Waals surface area contributed by atoms with Crippen LogP contribution in [0.5, 0.6) is 0 Å². The Morgan fingerprint density at radius 3 is 2.00 bits per heavy atom. The van der Waals surface area contributed by atoms with Crippen molar-refractivity contribution >= 4 is 26.8 Å². The molecule has 0 aromatic heterocycles. The molecule has 1 heterocycles. The van der Waals surface area contributed by atoms with Crippen molar-refractivity contribution in [3.63, 3.8) is 0 Å². The number of halogens is 2. The summed E-state index contributed by atoms with van der Waals surface area (Å²) in [6.45, 7) is 19.5. The van der Waals surface area contributed by atoms with Crippen molar-refractivity contribution in [1.82, 2.24) is 4.90 Å². The zero-order valence-corrected chi connectivity index (χ0v) is 22.8. The summed E-state index contributed by atoms with van der Waals surface area (Å²) in [5.74, 6) is 1.45. The van der Waals surface area contributed by atoms with E-state index >= 15 is 0 Å². The molecular weight excluding hydrogens is 439 g/mol. The molecule has 1 saturated carbocycles. The van der Waals surface area contributed by atoms with E-state index in [0.717, 1.165) is 23.4 Å². The molecule has 0 radical (unpaired) electrons. The van der Waals surface area contributed by atoms with Gasteiger partial charge in [0.05, 0.1) is 0 Å². The van der Waals surface area contributed by atoms with Gasteiger partial charge in [0.25, 0.3) is 0 Å². The van der Waals surface area contributed by atoms with Gasteiger partial charge in [0, 0.05) is 6.04 Å². The van der Waals surface area contributed by atoms with Crippen LogP contribution in [0.4, 0.5) is 0 Å². The quantitative estimate of drug-likeness (QED) is 0.302. The summed E-state index contributed by atoms with van der Waals surface area (Å²) in [5, 5.41) is 0. The Labute approximate surface area is 192 Å². The SMILES string of the molecule is CC(C)(C)[N-][Si](C)(C)C1CC(N2CCCCC2)C2C=CC=CC21.[CH2-]C.[Cl][Ti][Cl]. The third-order valence-corrected chi connectivity index (χ3v) is 9.70. The molecule has 0 aromatic carbocycles. The Morgan fingerprint density at radius 1 is 1.00 bits per heavy atom. The molecule has 6 heteroatoms. The molecule has 2 fully saturated rings. The van der Waals surface area contributed by atoms with Gasteiger partial charge in [-0.15, -0.1) is 5.54 Å². The summed E-state index contributed by atoms with van der Waals surface area (Å²) in [6, 6.07) is 0.758. The van der Waals surface area contributed by atoms with Gasteiger partial charge in [-0.25, -0.2) is 0 Å². The molecule has 1 saturated heterocycles. The second kappa shape index (κ2) is 12.7. The average molecular weight is 479 g/mol. The number of rotatable bonds is 3. The molecule has 28 heavy (non-hydrogen) atoms. The number of fused-ring (bicyclic) bond motifs is 1. The van der Waals surface area contributed by atoms with Crippen LogP contribution in [0.25, 0.3) is 4.98 Å². The first kappa shape index (κ1) is 26.9. The van der Waals surface area contributed by atoms with Crippen molar-refractivity contribution in [2.75, 3.05) is 13.1 Å². The van der Waals surface area contributed by atoms with E-state index in [-0.39, 0.29) is 5.54 Å². The van der Waals surface area contributed by atoms with Crippen LogP contribution >= 0.6 is 18.6 Å². The summed E-state index contributed by atoms with van der Waals surface area (Å²) in [4.78, 5) is 8.17. The maximum absolute atomic E-state index is 5.36. The van der Waals surface area contributed by atoms with Crippen LogP contribution in [0.3, 0.4) is 0 Å². The van der Waals surface area contributed by atoms with Crippen LogP contribution in [0.1, 0.15) is 53.4 Å². The Morgan fingerprint density at radius 2 is 1.50 bits per heavy atom. The molecule has 0 bridgehead atoms. The number of likely N-dealkylation sites (tertiary alicyclic amines) is 1. The second-order valence-electron chi connectivity index (χ2n) is 9.44. The molecule has 3 rings (SSSR count). The number of piperidine rings is 1. The van der Waals surface area contributed by atoms with E-state index in [1.54, 1.807) is 6.92 Å². The zero-order chi connectivity index (χ0) is 21.4. The van der Waals surface area contributed by atoms with Crippen molar-refractivity contribution in [2.24, 2.45) is 11.8 Å². The van der Waals surface area contributed by atoms with Crippen LogP contribution in [0, 0.1) is 18.8 Å². The Hall–Kier alpha value is 0.911. The van der Waals surface area contributed by atoms with Crippen molar-refractivity contribution < 1.29 is 17.0 Å². The van der Waals surface area contributed by atoms with E-state index in [1.165, 1.54) is 38.8 Å². The van der Waals surface area contributed by atoms with E-state index in [2.05, 4.69) is 70.0 Å². The van der Waals surface area contributed by atoms with Gasteiger partial charge >= 0.3 is 35.6 Å². The summed E-state index contributed by atoms with van der Waals surface area (Å²) in [6.07, 6.45) is 15.2. The van der Waals surface area contributed by atoms with Crippen molar-refractivity contribution in [3.8, 4) is 0 Å². The predicted octanol–water partition coefficient (Wildman–Crippen LogP) is 7.57. The number of allylic oxidation sites excluding steroid dienone is 3. The van der Waals surface area contributed by atoms with Gasteiger partial charge in [-0.3, -0.25) is 4.90 Å². The zero-order valence-electron chi connectivity index (χ0n) is 18.7. The monoisotopic (exact) mass is 478 g/mol. The van der Waals surface area contributed by atoms with E-state index < -0.39 is 25.3 Å². The topological polar surface area (TPSA) is 17.3 Å². The first-order chi connectivity index (χ1) is 13.2. The summed E-state index contributed by atoms with van der Waals surface area (Å²) >= 11 is -0.556. The van der Waals surface area contributed by atoms with Crippen molar-refractivity contribution in [3.05, 3.63) is 36.2 Å². The van der Waals surface area contributed by atoms with Gasteiger partial charge in [0.15, 0.2) is 0 Å². The van der Waals surface area contributed by atoms with E-state index in [9.17, 15) is 0 Å². The third kappa shape index (κ3) is 7.87. The van der Waals surface area contributed by atoms with Gasteiger partial charge < -0.3 is 11.9 Å². The minimum absolute atomic E-state index is 0.0999. The standard InChI is InChI=1S/C20H35N2Si.C2H5.2ClH.Ti/c1-20(2,3)21-23(4,5)19-15-18(22-13-9-6-10-14-22)16-11-7-8-12-17(16)19;1-2;;;/h7-8,11-12,16-19H,6,9-10,13-15H2,1-5H3;1H2,2H3;2*1H;/q2*-1;;;+2/p-2.